The highest BCUT2D eigenvalue weighted by Crippen LogP contribution is 2.32. The van der Waals surface area contributed by atoms with Crippen molar-refractivity contribution in [2.24, 2.45) is 13.0 Å². The number of tetrazole rings is 1. The minimum atomic E-state index is -0.754. The number of benzene rings is 1. The minimum absolute atomic E-state index is 0.0337. The molecule has 1 aromatic carbocycles. The number of anilines is 3. The third-order valence-electron chi connectivity index (χ3n) is 6.76. The SMILES string of the molecule is Cn1nnn(-c2cc(Nc3ncc(Cl)c(NC[C@@H]4CCCN5CCCC[C@H]45)n3)c(F)cc2O)c1=O. The lowest BCUT2D eigenvalue weighted by Gasteiger charge is -2.44. The number of rotatable bonds is 6. The summed E-state index contributed by atoms with van der Waals surface area (Å²) in [6.07, 6.45) is 7.54. The zero-order valence-corrected chi connectivity index (χ0v) is 20.0. The summed E-state index contributed by atoms with van der Waals surface area (Å²) in [5.74, 6) is -0.132. The predicted molar refractivity (Wildman–Crippen MR) is 129 cm³/mol. The van der Waals surface area contributed by atoms with Crippen molar-refractivity contribution in [2.45, 2.75) is 38.1 Å². The van der Waals surface area contributed by atoms with Gasteiger partial charge in [0.25, 0.3) is 0 Å². The average Bonchev–Trinajstić information content (AvgIpc) is 3.19. The Morgan fingerprint density at radius 3 is 2.83 bits per heavy atom. The highest BCUT2D eigenvalue weighted by atomic mass is 35.5. The largest absolute Gasteiger partial charge is 0.506 e. The molecule has 5 rings (SSSR count). The van der Waals surface area contributed by atoms with E-state index in [-0.39, 0.29) is 17.3 Å². The molecule has 11 nitrogen and oxygen atoms in total. The number of hydrogen-bond donors (Lipinski definition) is 3. The van der Waals surface area contributed by atoms with Crippen molar-refractivity contribution in [2.75, 3.05) is 30.3 Å². The van der Waals surface area contributed by atoms with E-state index in [1.165, 1.54) is 58.1 Å². The number of fused-ring (bicyclic) bond motifs is 1. The second kappa shape index (κ2) is 9.78. The zero-order chi connectivity index (χ0) is 24.5. The highest BCUT2D eigenvalue weighted by Gasteiger charge is 2.32. The number of aromatic nitrogens is 6. The normalized spacial score (nSPS) is 20.4. The fourth-order valence-corrected chi connectivity index (χ4v) is 5.15. The van der Waals surface area contributed by atoms with E-state index in [2.05, 4.69) is 35.9 Å². The first-order valence-corrected chi connectivity index (χ1v) is 12.1. The van der Waals surface area contributed by atoms with Crippen LogP contribution in [0, 0.1) is 11.7 Å². The smallest absolute Gasteiger partial charge is 0.368 e. The molecular weight excluding hydrogens is 477 g/mol. The number of nitrogens with one attached hydrogen (secondary N) is 2. The summed E-state index contributed by atoms with van der Waals surface area (Å²) in [6, 6.07) is 2.70. The lowest BCUT2D eigenvalue weighted by atomic mass is 9.83. The fourth-order valence-electron chi connectivity index (χ4n) is 5.00. The number of piperidine rings is 2. The van der Waals surface area contributed by atoms with E-state index in [0.29, 0.717) is 22.8 Å². The molecule has 0 bridgehead atoms. The van der Waals surface area contributed by atoms with Gasteiger partial charge >= 0.3 is 5.69 Å². The quantitative estimate of drug-likeness (QED) is 0.435. The molecule has 2 atom stereocenters. The van der Waals surface area contributed by atoms with Crippen molar-refractivity contribution in [3.63, 3.8) is 0 Å². The van der Waals surface area contributed by atoms with Gasteiger partial charge in [-0.1, -0.05) is 18.0 Å². The van der Waals surface area contributed by atoms with Crippen LogP contribution >= 0.6 is 11.6 Å². The van der Waals surface area contributed by atoms with E-state index in [1.807, 2.05) is 0 Å². The molecule has 0 unspecified atom stereocenters. The van der Waals surface area contributed by atoms with E-state index in [9.17, 15) is 14.3 Å². The first-order valence-electron chi connectivity index (χ1n) is 11.7. The number of halogens is 2. The topological polar surface area (TPSA) is 126 Å². The molecule has 0 amide bonds. The van der Waals surface area contributed by atoms with Crippen molar-refractivity contribution in [1.29, 1.82) is 0 Å². The van der Waals surface area contributed by atoms with Gasteiger partial charge in [-0.3, -0.25) is 0 Å². The van der Waals surface area contributed by atoms with Gasteiger partial charge in [-0.05, 0) is 61.2 Å². The molecule has 2 fully saturated rings. The van der Waals surface area contributed by atoms with E-state index in [0.717, 1.165) is 28.4 Å². The third-order valence-corrected chi connectivity index (χ3v) is 7.04. The first kappa shape index (κ1) is 23.5. The number of nitrogens with zero attached hydrogens (tertiary/aromatic N) is 7. The predicted octanol–water partition coefficient (Wildman–Crippen LogP) is 2.67. The van der Waals surface area contributed by atoms with Crippen molar-refractivity contribution >= 4 is 29.1 Å². The molecule has 0 aliphatic carbocycles. The second-order valence-corrected chi connectivity index (χ2v) is 9.42. The van der Waals surface area contributed by atoms with Gasteiger partial charge in [0.1, 0.15) is 16.5 Å². The third kappa shape index (κ3) is 4.80. The maximum absolute atomic E-state index is 14.6. The van der Waals surface area contributed by atoms with Crippen molar-refractivity contribution in [1.82, 2.24) is 34.7 Å². The minimum Gasteiger partial charge on any atom is -0.506 e. The van der Waals surface area contributed by atoms with E-state index >= 15 is 0 Å². The van der Waals surface area contributed by atoms with Gasteiger partial charge in [-0.2, -0.15) is 14.3 Å². The first-order chi connectivity index (χ1) is 16.9. The van der Waals surface area contributed by atoms with Crippen molar-refractivity contribution < 1.29 is 9.50 Å². The number of phenolic OH excluding ortho intramolecular Hbond substituents is 1. The molecule has 2 aromatic heterocycles. The molecule has 2 aliphatic rings. The maximum atomic E-state index is 14.6. The Hall–Kier alpha value is -3.25. The van der Waals surface area contributed by atoms with Gasteiger partial charge < -0.3 is 20.6 Å². The number of phenols is 1. The van der Waals surface area contributed by atoms with Gasteiger partial charge in [0.2, 0.25) is 5.95 Å². The van der Waals surface area contributed by atoms with Crippen molar-refractivity contribution in [3.05, 3.63) is 39.7 Å². The fraction of sp³-hybridized carbons (Fsp3) is 0.500. The Labute approximate surface area is 205 Å². The summed E-state index contributed by atoms with van der Waals surface area (Å²) in [5.41, 5.74) is -0.672. The summed E-state index contributed by atoms with van der Waals surface area (Å²) in [7, 11) is 1.42. The van der Waals surface area contributed by atoms with Gasteiger partial charge in [-0.15, -0.1) is 0 Å². The zero-order valence-electron chi connectivity index (χ0n) is 19.3. The molecule has 2 saturated heterocycles. The molecule has 3 N–H and O–H groups in total. The Kier molecular flexibility index (Phi) is 6.56. The summed E-state index contributed by atoms with van der Waals surface area (Å²) in [5, 5.41) is 24.0. The molecule has 13 heteroatoms. The van der Waals surface area contributed by atoms with Gasteiger partial charge in [-0.25, -0.2) is 14.2 Å². The van der Waals surface area contributed by atoms with Gasteiger partial charge in [0.05, 0.1) is 11.9 Å². The number of aryl methyl sites for hydroxylation is 1. The average molecular weight is 504 g/mol. The molecule has 186 valence electrons. The van der Waals surface area contributed by atoms with E-state index in [1.54, 1.807) is 0 Å². The molecule has 3 aromatic rings. The van der Waals surface area contributed by atoms with Crippen molar-refractivity contribution in [3.8, 4) is 11.4 Å². The Balaban J connectivity index is 1.34. The molecule has 35 heavy (non-hydrogen) atoms. The second-order valence-electron chi connectivity index (χ2n) is 9.02. The van der Waals surface area contributed by atoms with Crippen LogP contribution in [0.25, 0.3) is 5.69 Å². The summed E-state index contributed by atoms with van der Waals surface area (Å²) < 4.78 is 16.5. The Morgan fingerprint density at radius 1 is 1.20 bits per heavy atom. The van der Waals surface area contributed by atoms with Crippen LogP contribution < -0.4 is 16.3 Å². The number of aromatic hydroxyl groups is 1. The number of hydrogen-bond acceptors (Lipinski definition) is 9. The monoisotopic (exact) mass is 503 g/mol. The Bertz CT molecular complexity index is 1280. The van der Waals surface area contributed by atoms with Crippen LogP contribution in [-0.2, 0) is 7.05 Å². The van der Waals surface area contributed by atoms with Crippen LogP contribution in [0.15, 0.2) is 23.1 Å². The lowest BCUT2D eigenvalue weighted by molar-refractivity contribution is 0.0649. The summed E-state index contributed by atoms with van der Waals surface area (Å²) in [6.45, 7) is 3.08. The standard InChI is InChI=1S/C22H27ClFN9O2/c1-31-22(35)33(30-29-31)18-10-16(15(24)9-19(18)34)27-21-26-12-14(23)20(28-21)25-11-13-5-4-8-32-7-3-2-6-17(13)32/h9-10,12-13,17,34H,2-8,11H2,1H3,(H2,25,26,27,28)/t13-,17+/m0/s1. The lowest BCUT2D eigenvalue weighted by Crippen LogP contribution is -2.49. The van der Waals surface area contributed by atoms with E-state index < -0.39 is 17.3 Å². The van der Waals surface area contributed by atoms with Gasteiger partial charge in [0.15, 0.2) is 11.6 Å². The van der Waals surface area contributed by atoms with Crippen LogP contribution in [0.2, 0.25) is 5.02 Å². The maximum Gasteiger partial charge on any atom is 0.368 e. The summed E-state index contributed by atoms with van der Waals surface area (Å²) in [4.78, 5) is 23.4. The van der Waals surface area contributed by atoms with Gasteiger partial charge in [0, 0.05) is 25.7 Å². The molecule has 0 spiro atoms. The molecule has 2 aliphatic heterocycles. The van der Waals surface area contributed by atoms with E-state index in [4.69, 9.17) is 11.6 Å². The molecule has 0 saturated carbocycles. The molecular formula is C22H27ClFN9O2. The molecule has 0 radical (unpaired) electrons. The highest BCUT2D eigenvalue weighted by molar-refractivity contribution is 6.32. The van der Waals surface area contributed by atoms with Crippen LogP contribution in [0.4, 0.5) is 21.8 Å². The van der Waals surface area contributed by atoms with Crippen LogP contribution in [0.1, 0.15) is 32.1 Å². The summed E-state index contributed by atoms with van der Waals surface area (Å²) >= 11 is 6.34. The Morgan fingerprint density at radius 2 is 2.03 bits per heavy atom. The molecule has 4 heterocycles. The van der Waals surface area contributed by atoms with Crippen LogP contribution in [0.3, 0.4) is 0 Å². The van der Waals surface area contributed by atoms with Crippen LogP contribution in [0.5, 0.6) is 5.75 Å². The van der Waals surface area contributed by atoms with Crippen LogP contribution in [-0.4, -0.2) is 65.4 Å².